The minimum Gasteiger partial charge on any atom is -0.496 e. The van der Waals surface area contributed by atoms with Gasteiger partial charge >= 0.3 is 0 Å². The van der Waals surface area contributed by atoms with Gasteiger partial charge in [-0.2, -0.15) is 0 Å². The zero-order chi connectivity index (χ0) is 18.4. The van der Waals surface area contributed by atoms with Gasteiger partial charge < -0.3 is 19.5 Å². The molecule has 5 heteroatoms. The van der Waals surface area contributed by atoms with Crippen LogP contribution in [0.3, 0.4) is 0 Å². The Morgan fingerprint density at radius 3 is 2.62 bits per heavy atom. The summed E-state index contributed by atoms with van der Waals surface area (Å²) in [6, 6.07) is 14.7. The fourth-order valence-corrected chi connectivity index (χ4v) is 3.50. The van der Waals surface area contributed by atoms with Crippen molar-refractivity contribution in [1.29, 1.82) is 0 Å². The van der Waals surface area contributed by atoms with Crippen molar-refractivity contribution in [3.05, 3.63) is 53.6 Å². The third kappa shape index (κ3) is 4.11. The Morgan fingerprint density at radius 2 is 1.85 bits per heavy atom. The number of hydrogen-bond acceptors (Lipinski definition) is 5. The molecule has 0 bridgehead atoms. The van der Waals surface area contributed by atoms with Crippen LogP contribution in [0.25, 0.3) is 0 Å². The molecule has 2 aromatic carbocycles. The molecule has 140 valence electrons. The number of ether oxygens (including phenoxy) is 3. The van der Waals surface area contributed by atoms with Crippen molar-refractivity contribution in [3.63, 3.8) is 0 Å². The highest BCUT2D eigenvalue weighted by Crippen LogP contribution is 2.33. The van der Waals surface area contributed by atoms with Gasteiger partial charge in [-0.25, -0.2) is 0 Å². The lowest BCUT2D eigenvalue weighted by molar-refractivity contribution is 0.151. The first kappa shape index (κ1) is 18.5. The smallest absolute Gasteiger partial charge is 0.161 e. The number of rotatable bonds is 7. The van der Waals surface area contributed by atoms with Crippen molar-refractivity contribution in [2.24, 2.45) is 0 Å². The van der Waals surface area contributed by atoms with Crippen LogP contribution in [0.15, 0.2) is 42.5 Å². The van der Waals surface area contributed by atoms with E-state index in [9.17, 15) is 0 Å². The first-order valence-corrected chi connectivity index (χ1v) is 9.14. The molecular weight excluding hydrogens is 328 g/mol. The van der Waals surface area contributed by atoms with Crippen molar-refractivity contribution in [1.82, 2.24) is 10.2 Å². The van der Waals surface area contributed by atoms with Gasteiger partial charge in [-0.1, -0.05) is 24.3 Å². The summed E-state index contributed by atoms with van der Waals surface area (Å²) in [6.45, 7) is 6.34. The molecule has 0 saturated carbocycles. The second kappa shape index (κ2) is 8.92. The molecule has 3 rings (SSSR count). The van der Waals surface area contributed by atoms with Gasteiger partial charge in [0.1, 0.15) is 5.75 Å². The zero-order valence-electron chi connectivity index (χ0n) is 15.8. The Bertz CT molecular complexity index is 720. The number of hydrogen-bond donors (Lipinski definition) is 1. The minimum absolute atomic E-state index is 0.275. The van der Waals surface area contributed by atoms with Crippen molar-refractivity contribution in [3.8, 4) is 17.2 Å². The molecule has 0 aliphatic carbocycles. The molecule has 1 unspecified atom stereocenters. The van der Waals surface area contributed by atoms with Crippen LogP contribution in [0.2, 0.25) is 0 Å². The number of para-hydroxylation sites is 1. The summed E-state index contributed by atoms with van der Waals surface area (Å²) in [4.78, 5) is 2.49. The second-order valence-electron chi connectivity index (χ2n) is 6.35. The summed E-state index contributed by atoms with van der Waals surface area (Å²) in [5, 5.41) is 3.51. The number of methoxy groups -OCH3 is 2. The largest absolute Gasteiger partial charge is 0.496 e. The predicted molar refractivity (Wildman–Crippen MR) is 103 cm³/mol. The van der Waals surface area contributed by atoms with Crippen molar-refractivity contribution in [2.45, 2.75) is 19.5 Å². The van der Waals surface area contributed by atoms with E-state index in [1.54, 1.807) is 14.2 Å². The van der Waals surface area contributed by atoms with Gasteiger partial charge in [-0.05, 0) is 30.7 Å². The van der Waals surface area contributed by atoms with Crippen LogP contribution < -0.4 is 19.5 Å². The van der Waals surface area contributed by atoms with Gasteiger partial charge in [0.15, 0.2) is 11.5 Å². The van der Waals surface area contributed by atoms with Gasteiger partial charge in [0.25, 0.3) is 0 Å². The Balaban J connectivity index is 1.83. The number of nitrogens with one attached hydrogen (secondary N) is 1. The van der Waals surface area contributed by atoms with Gasteiger partial charge in [0, 0.05) is 31.7 Å². The van der Waals surface area contributed by atoms with Gasteiger partial charge in [-0.15, -0.1) is 0 Å². The van der Waals surface area contributed by atoms with Gasteiger partial charge in [0.2, 0.25) is 0 Å². The van der Waals surface area contributed by atoms with Crippen LogP contribution >= 0.6 is 0 Å². The maximum atomic E-state index is 5.63. The molecule has 26 heavy (non-hydrogen) atoms. The van der Waals surface area contributed by atoms with Crippen LogP contribution in [0, 0.1) is 0 Å². The van der Waals surface area contributed by atoms with Crippen LogP contribution in [-0.4, -0.2) is 45.4 Å². The molecule has 1 saturated heterocycles. The number of piperazine rings is 1. The first-order chi connectivity index (χ1) is 12.8. The second-order valence-corrected chi connectivity index (χ2v) is 6.35. The van der Waals surface area contributed by atoms with Crippen molar-refractivity contribution >= 4 is 0 Å². The SMILES string of the molecule is CCOc1ccc(CN2CCNCC2c2ccccc2OC)cc1OC. The van der Waals surface area contributed by atoms with E-state index in [0.29, 0.717) is 6.61 Å². The van der Waals surface area contributed by atoms with E-state index in [1.165, 1.54) is 11.1 Å². The number of nitrogens with zero attached hydrogens (tertiary/aromatic N) is 1. The Morgan fingerprint density at radius 1 is 1.04 bits per heavy atom. The lowest BCUT2D eigenvalue weighted by Crippen LogP contribution is -2.45. The van der Waals surface area contributed by atoms with E-state index >= 15 is 0 Å². The van der Waals surface area contributed by atoms with E-state index < -0.39 is 0 Å². The molecule has 1 heterocycles. The molecule has 1 aliphatic rings. The quantitative estimate of drug-likeness (QED) is 0.825. The molecular formula is C21H28N2O3. The topological polar surface area (TPSA) is 43.0 Å². The molecule has 0 aromatic heterocycles. The van der Waals surface area contributed by atoms with Crippen LogP contribution in [-0.2, 0) is 6.54 Å². The standard InChI is InChI=1S/C21H28N2O3/c1-4-26-20-10-9-16(13-21(20)25-3)15-23-12-11-22-14-18(23)17-7-5-6-8-19(17)24-2/h5-10,13,18,22H,4,11-12,14-15H2,1-3H3. The molecule has 1 atom stereocenters. The van der Waals surface area contributed by atoms with E-state index in [2.05, 4.69) is 34.5 Å². The van der Waals surface area contributed by atoms with Crippen LogP contribution in [0.5, 0.6) is 17.2 Å². The predicted octanol–water partition coefficient (Wildman–Crippen LogP) is 3.25. The Kier molecular flexibility index (Phi) is 6.36. The van der Waals surface area contributed by atoms with E-state index in [4.69, 9.17) is 14.2 Å². The van der Waals surface area contributed by atoms with Crippen molar-refractivity contribution < 1.29 is 14.2 Å². The molecule has 1 fully saturated rings. The fraction of sp³-hybridized carbons (Fsp3) is 0.429. The summed E-state index contributed by atoms with van der Waals surface area (Å²) in [5.41, 5.74) is 2.44. The Hall–Kier alpha value is -2.24. The van der Waals surface area contributed by atoms with E-state index in [1.807, 2.05) is 25.1 Å². The maximum absolute atomic E-state index is 5.63. The summed E-state index contributed by atoms with van der Waals surface area (Å²) in [7, 11) is 3.42. The van der Waals surface area contributed by atoms with Crippen molar-refractivity contribution in [2.75, 3.05) is 40.5 Å². The summed E-state index contributed by atoms with van der Waals surface area (Å²) in [5.74, 6) is 2.52. The lowest BCUT2D eigenvalue weighted by Gasteiger charge is -2.37. The average molecular weight is 356 g/mol. The molecule has 1 N–H and O–H groups in total. The molecule has 2 aromatic rings. The first-order valence-electron chi connectivity index (χ1n) is 9.14. The van der Waals surface area contributed by atoms with E-state index in [0.717, 1.165) is 43.4 Å². The molecule has 0 radical (unpaired) electrons. The highest BCUT2D eigenvalue weighted by atomic mass is 16.5. The Labute approximate surface area is 155 Å². The zero-order valence-corrected chi connectivity index (χ0v) is 15.8. The minimum atomic E-state index is 0.275. The van der Waals surface area contributed by atoms with E-state index in [-0.39, 0.29) is 6.04 Å². The summed E-state index contributed by atoms with van der Waals surface area (Å²) in [6.07, 6.45) is 0. The molecule has 5 nitrogen and oxygen atoms in total. The normalized spacial score (nSPS) is 17.7. The average Bonchev–Trinajstić information content (AvgIpc) is 2.69. The molecule has 0 spiro atoms. The van der Waals surface area contributed by atoms with Crippen LogP contribution in [0.1, 0.15) is 24.1 Å². The highest BCUT2D eigenvalue weighted by molar-refractivity contribution is 5.43. The fourth-order valence-electron chi connectivity index (χ4n) is 3.50. The monoisotopic (exact) mass is 356 g/mol. The van der Waals surface area contributed by atoms with Gasteiger partial charge in [-0.3, -0.25) is 4.90 Å². The molecule has 1 aliphatic heterocycles. The summed E-state index contributed by atoms with van der Waals surface area (Å²) < 4.78 is 16.7. The molecule has 0 amide bonds. The highest BCUT2D eigenvalue weighted by Gasteiger charge is 2.26. The maximum Gasteiger partial charge on any atom is 0.161 e. The van der Waals surface area contributed by atoms with Gasteiger partial charge in [0.05, 0.1) is 26.9 Å². The number of benzene rings is 2. The lowest BCUT2D eigenvalue weighted by atomic mass is 10.0. The van der Waals surface area contributed by atoms with Crippen LogP contribution in [0.4, 0.5) is 0 Å². The third-order valence-corrected chi connectivity index (χ3v) is 4.77. The third-order valence-electron chi connectivity index (χ3n) is 4.77. The summed E-state index contributed by atoms with van der Waals surface area (Å²) >= 11 is 0.